The summed E-state index contributed by atoms with van der Waals surface area (Å²) in [5, 5.41) is 2.92. The standard InChI is InChI=1S/C13H18FN3O/c1-3-17(9-11(16-2)8-13(15)18)12-6-4-10(14)5-7-12/h4-8,16H,3,9H2,1-2H3,(H2,15,18)/b11-8-. The molecule has 0 aliphatic rings. The summed E-state index contributed by atoms with van der Waals surface area (Å²) in [7, 11) is 1.73. The van der Waals surface area contributed by atoms with Gasteiger partial charge >= 0.3 is 0 Å². The maximum absolute atomic E-state index is 12.9. The molecule has 0 aromatic heterocycles. The number of likely N-dealkylation sites (N-methyl/N-ethyl adjacent to an activating group) is 2. The van der Waals surface area contributed by atoms with Crippen LogP contribution in [0.3, 0.4) is 0 Å². The number of hydrogen-bond donors (Lipinski definition) is 2. The zero-order chi connectivity index (χ0) is 13.5. The number of nitrogens with two attached hydrogens (primary N) is 1. The summed E-state index contributed by atoms with van der Waals surface area (Å²) in [4.78, 5) is 12.9. The molecule has 0 heterocycles. The second-order valence-electron chi connectivity index (χ2n) is 3.81. The van der Waals surface area contributed by atoms with Gasteiger partial charge in [0, 0.05) is 31.1 Å². The van der Waals surface area contributed by atoms with E-state index in [-0.39, 0.29) is 5.82 Å². The van der Waals surface area contributed by atoms with E-state index in [9.17, 15) is 9.18 Å². The van der Waals surface area contributed by atoms with Gasteiger partial charge in [-0.1, -0.05) is 0 Å². The first kappa shape index (κ1) is 14.0. The molecule has 18 heavy (non-hydrogen) atoms. The summed E-state index contributed by atoms with van der Waals surface area (Å²) in [6, 6.07) is 6.23. The summed E-state index contributed by atoms with van der Waals surface area (Å²) >= 11 is 0. The molecule has 4 nitrogen and oxygen atoms in total. The van der Waals surface area contributed by atoms with Gasteiger partial charge in [0.1, 0.15) is 5.82 Å². The fourth-order valence-corrected chi connectivity index (χ4v) is 1.61. The highest BCUT2D eigenvalue weighted by Gasteiger charge is 2.07. The van der Waals surface area contributed by atoms with Gasteiger partial charge in [0.05, 0.1) is 6.54 Å². The van der Waals surface area contributed by atoms with E-state index in [4.69, 9.17) is 5.73 Å². The third kappa shape index (κ3) is 4.08. The number of hydrogen-bond acceptors (Lipinski definition) is 3. The van der Waals surface area contributed by atoms with Gasteiger partial charge in [-0.15, -0.1) is 0 Å². The number of carbonyl (C=O) groups is 1. The topological polar surface area (TPSA) is 58.4 Å². The molecule has 0 fully saturated rings. The van der Waals surface area contributed by atoms with E-state index >= 15 is 0 Å². The van der Waals surface area contributed by atoms with E-state index in [0.717, 1.165) is 12.2 Å². The lowest BCUT2D eigenvalue weighted by atomic mass is 10.2. The predicted octanol–water partition coefficient (Wildman–Crippen LogP) is 1.24. The van der Waals surface area contributed by atoms with Gasteiger partial charge in [-0.3, -0.25) is 4.79 Å². The molecule has 0 unspecified atom stereocenters. The molecular weight excluding hydrogens is 233 g/mol. The Labute approximate surface area is 106 Å². The van der Waals surface area contributed by atoms with Crippen LogP contribution in [-0.2, 0) is 4.79 Å². The van der Waals surface area contributed by atoms with E-state index < -0.39 is 5.91 Å². The molecule has 0 saturated carbocycles. The van der Waals surface area contributed by atoms with E-state index in [1.165, 1.54) is 18.2 Å². The zero-order valence-electron chi connectivity index (χ0n) is 10.6. The van der Waals surface area contributed by atoms with Crippen LogP contribution >= 0.6 is 0 Å². The molecule has 0 radical (unpaired) electrons. The summed E-state index contributed by atoms with van der Waals surface area (Å²) in [6.45, 7) is 3.24. The van der Waals surface area contributed by atoms with Crippen molar-refractivity contribution in [2.45, 2.75) is 6.92 Å². The SMILES string of the molecule is CCN(C/C(=C/C(N)=O)NC)c1ccc(F)cc1. The minimum Gasteiger partial charge on any atom is -0.390 e. The van der Waals surface area contributed by atoms with Crippen LogP contribution in [0, 0.1) is 5.82 Å². The van der Waals surface area contributed by atoms with Gasteiger partial charge in [-0.05, 0) is 31.2 Å². The van der Waals surface area contributed by atoms with Gasteiger partial charge in [0.25, 0.3) is 0 Å². The summed E-state index contributed by atoms with van der Waals surface area (Å²) in [5.74, 6) is -0.758. The van der Waals surface area contributed by atoms with Gasteiger partial charge in [0.15, 0.2) is 0 Å². The van der Waals surface area contributed by atoms with Crippen molar-refractivity contribution in [1.29, 1.82) is 0 Å². The van der Waals surface area contributed by atoms with Crippen molar-refractivity contribution in [3.63, 3.8) is 0 Å². The first-order valence-corrected chi connectivity index (χ1v) is 5.75. The van der Waals surface area contributed by atoms with Crippen LogP contribution in [0.15, 0.2) is 36.0 Å². The van der Waals surface area contributed by atoms with Crippen LogP contribution in [0.25, 0.3) is 0 Å². The molecule has 1 amide bonds. The van der Waals surface area contributed by atoms with Crippen molar-refractivity contribution in [3.8, 4) is 0 Å². The Hall–Kier alpha value is -2.04. The molecule has 0 aliphatic carbocycles. The highest BCUT2D eigenvalue weighted by Crippen LogP contribution is 2.15. The largest absolute Gasteiger partial charge is 0.390 e. The quantitative estimate of drug-likeness (QED) is 0.748. The summed E-state index contributed by atoms with van der Waals surface area (Å²) < 4.78 is 12.9. The Balaban J connectivity index is 2.84. The molecule has 1 rings (SSSR count). The first-order chi connectivity index (χ1) is 8.56. The van der Waals surface area contributed by atoms with Crippen LogP contribution in [0.1, 0.15) is 6.92 Å². The van der Waals surface area contributed by atoms with Crippen molar-refractivity contribution >= 4 is 11.6 Å². The Morgan fingerprint density at radius 1 is 1.44 bits per heavy atom. The van der Waals surface area contributed by atoms with Crippen molar-refractivity contribution < 1.29 is 9.18 Å². The number of carbonyl (C=O) groups excluding carboxylic acids is 1. The van der Waals surface area contributed by atoms with Crippen LogP contribution in [0.2, 0.25) is 0 Å². The number of primary amides is 1. The number of anilines is 1. The maximum atomic E-state index is 12.9. The molecule has 0 saturated heterocycles. The summed E-state index contributed by atoms with van der Waals surface area (Å²) in [5.41, 5.74) is 6.73. The van der Waals surface area contributed by atoms with Crippen molar-refractivity contribution in [2.24, 2.45) is 5.73 Å². The first-order valence-electron chi connectivity index (χ1n) is 5.75. The lowest BCUT2D eigenvalue weighted by Crippen LogP contribution is -2.30. The van der Waals surface area contributed by atoms with Gasteiger partial charge in [0.2, 0.25) is 5.91 Å². The third-order valence-electron chi connectivity index (χ3n) is 2.57. The van der Waals surface area contributed by atoms with Crippen LogP contribution in [0.4, 0.5) is 10.1 Å². The Kier molecular flexibility index (Phi) is 5.17. The molecule has 0 bridgehead atoms. The van der Waals surface area contributed by atoms with Crippen LogP contribution in [-0.4, -0.2) is 26.0 Å². The second-order valence-corrected chi connectivity index (χ2v) is 3.81. The highest BCUT2D eigenvalue weighted by molar-refractivity contribution is 5.86. The van der Waals surface area contributed by atoms with Gasteiger partial charge < -0.3 is 16.0 Å². The number of halogens is 1. The Morgan fingerprint density at radius 3 is 2.50 bits per heavy atom. The van der Waals surface area contributed by atoms with Crippen molar-refractivity contribution in [2.75, 3.05) is 25.0 Å². The van der Waals surface area contributed by atoms with Crippen LogP contribution < -0.4 is 16.0 Å². The smallest absolute Gasteiger partial charge is 0.243 e. The summed E-state index contributed by atoms with van der Waals surface area (Å²) in [6.07, 6.45) is 1.35. The van der Waals surface area contributed by atoms with Crippen molar-refractivity contribution in [3.05, 3.63) is 41.9 Å². The number of nitrogens with one attached hydrogen (secondary N) is 1. The minimum absolute atomic E-state index is 0.267. The molecule has 1 aromatic carbocycles. The number of nitrogens with zero attached hydrogens (tertiary/aromatic N) is 1. The normalized spacial score (nSPS) is 11.2. The average Bonchev–Trinajstić information content (AvgIpc) is 2.35. The van der Waals surface area contributed by atoms with Crippen LogP contribution in [0.5, 0.6) is 0 Å². The molecule has 98 valence electrons. The van der Waals surface area contributed by atoms with Crippen molar-refractivity contribution in [1.82, 2.24) is 5.32 Å². The predicted molar refractivity (Wildman–Crippen MR) is 70.6 cm³/mol. The van der Waals surface area contributed by atoms with E-state index in [2.05, 4.69) is 5.32 Å². The zero-order valence-corrected chi connectivity index (χ0v) is 10.6. The minimum atomic E-state index is -0.491. The molecule has 0 spiro atoms. The second kappa shape index (κ2) is 6.64. The number of rotatable bonds is 6. The fraction of sp³-hybridized carbons (Fsp3) is 0.308. The fourth-order valence-electron chi connectivity index (χ4n) is 1.61. The molecular formula is C13H18FN3O. The van der Waals surface area contributed by atoms with Gasteiger partial charge in [-0.2, -0.15) is 0 Å². The van der Waals surface area contributed by atoms with E-state index in [0.29, 0.717) is 12.2 Å². The Bertz CT molecular complexity index is 428. The maximum Gasteiger partial charge on any atom is 0.243 e. The van der Waals surface area contributed by atoms with E-state index in [1.54, 1.807) is 19.2 Å². The number of benzene rings is 1. The lowest BCUT2D eigenvalue weighted by molar-refractivity contribution is -0.113. The molecule has 1 aromatic rings. The highest BCUT2D eigenvalue weighted by atomic mass is 19.1. The average molecular weight is 251 g/mol. The van der Waals surface area contributed by atoms with Gasteiger partial charge in [-0.25, -0.2) is 4.39 Å². The monoisotopic (exact) mass is 251 g/mol. The Morgan fingerprint density at radius 2 is 2.06 bits per heavy atom. The molecule has 0 atom stereocenters. The molecule has 5 heteroatoms. The lowest BCUT2D eigenvalue weighted by Gasteiger charge is -2.24. The molecule has 3 N–H and O–H groups in total. The number of amides is 1. The molecule has 0 aliphatic heterocycles. The van der Waals surface area contributed by atoms with E-state index in [1.807, 2.05) is 11.8 Å². The third-order valence-corrected chi connectivity index (χ3v) is 2.57.